The van der Waals surface area contributed by atoms with Crippen LogP contribution in [0.1, 0.15) is 30.1 Å². The Morgan fingerprint density at radius 2 is 2.14 bits per heavy atom. The summed E-state index contributed by atoms with van der Waals surface area (Å²) < 4.78 is 13.5. The van der Waals surface area contributed by atoms with Gasteiger partial charge in [0.25, 0.3) is 5.91 Å². The monoisotopic (exact) mass is 460 g/mol. The molecule has 0 N–H and O–H groups in total. The molecule has 1 unspecified atom stereocenters. The van der Waals surface area contributed by atoms with Crippen molar-refractivity contribution in [2.75, 3.05) is 24.7 Å². The van der Waals surface area contributed by atoms with Gasteiger partial charge in [0.15, 0.2) is 5.13 Å². The van der Waals surface area contributed by atoms with E-state index in [1.165, 1.54) is 11.3 Å². The van der Waals surface area contributed by atoms with Gasteiger partial charge in [-0.1, -0.05) is 33.3 Å². The third kappa shape index (κ3) is 4.06. The van der Waals surface area contributed by atoms with Gasteiger partial charge in [-0.3, -0.25) is 9.69 Å². The highest BCUT2D eigenvalue weighted by molar-refractivity contribution is 9.10. The molecule has 0 bridgehead atoms. The van der Waals surface area contributed by atoms with E-state index in [0.717, 1.165) is 39.9 Å². The first-order valence-electron chi connectivity index (χ1n) is 9.37. The number of anilines is 1. The molecule has 28 heavy (non-hydrogen) atoms. The lowest BCUT2D eigenvalue weighted by Gasteiger charge is -2.23. The minimum absolute atomic E-state index is 0.0396. The van der Waals surface area contributed by atoms with Crippen molar-refractivity contribution in [3.8, 4) is 5.75 Å². The topological polar surface area (TPSA) is 51.7 Å². The van der Waals surface area contributed by atoms with Gasteiger partial charge in [-0.05, 0) is 56.2 Å². The van der Waals surface area contributed by atoms with Gasteiger partial charge in [0.1, 0.15) is 11.3 Å². The fraction of sp³-hybridized carbons (Fsp3) is 0.333. The number of carbonyl (C=O) groups excluding carboxylic acids is 1. The number of hydrogen-bond donors (Lipinski definition) is 0. The standard InChI is InChI=1S/C21H21BrN2O3S/c1-2-26-17-6-3-7-18-19(17)23-21(28-18)24(13-16-5-4-12-27-16)20(25)14-8-10-15(22)11-9-14/h3,6-11,16H,2,4-5,12-13H2,1H3. The first-order chi connectivity index (χ1) is 13.7. The Labute approximate surface area is 176 Å². The number of para-hydroxylation sites is 1. The lowest BCUT2D eigenvalue weighted by molar-refractivity contribution is 0.0917. The molecule has 1 saturated heterocycles. The van der Waals surface area contributed by atoms with Crippen LogP contribution in [0.2, 0.25) is 0 Å². The first kappa shape index (κ1) is 19.4. The molecule has 2 aromatic carbocycles. The van der Waals surface area contributed by atoms with Crippen molar-refractivity contribution in [3.05, 3.63) is 52.5 Å². The molecule has 0 radical (unpaired) electrons. The highest BCUT2D eigenvalue weighted by Crippen LogP contribution is 2.35. The number of aromatic nitrogens is 1. The Morgan fingerprint density at radius 3 is 2.86 bits per heavy atom. The highest BCUT2D eigenvalue weighted by atomic mass is 79.9. The van der Waals surface area contributed by atoms with Crippen LogP contribution in [0, 0.1) is 0 Å². The highest BCUT2D eigenvalue weighted by Gasteiger charge is 2.27. The molecule has 146 valence electrons. The third-order valence-corrected chi connectivity index (χ3v) is 6.22. The lowest BCUT2D eigenvalue weighted by Crippen LogP contribution is -2.37. The molecular weight excluding hydrogens is 440 g/mol. The van der Waals surface area contributed by atoms with Crippen LogP contribution in [-0.2, 0) is 4.74 Å². The summed E-state index contributed by atoms with van der Waals surface area (Å²) in [7, 11) is 0. The number of amides is 1. The minimum Gasteiger partial charge on any atom is -0.492 e. The van der Waals surface area contributed by atoms with Crippen molar-refractivity contribution < 1.29 is 14.3 Å². The second-order valence-corrected chi connectivity index (χ2v) is 8.51. The first-order valence-corrected chi connectivity index (χ1v) is 11.0. The maximum Gasteiger partial charge on any atom is 0.260 e. The zero-order valence-electron chi connectivity index (χ0n) is 15.6. The van der Waals surface area contributed by atoms with Gasteiger partial charge >= 0.3 is 0 Å². The van der Waals surface area contributed by atoms with Crippen LogP contribution in [0.15, 0.2) is 46.9 Å². The molecule has 1 amide bonds. The number of nitrogens with zero attached hydrogens (tertiary/aromatic N) is 2. The summed E-state index contributed by atoms with van der Waals surface area (Å²) in [5, 5.41) is 0.672. The second-order valence-electron chi connectivity index (χ2n) is 6.59. The zero-order valence-corrected chi connectivity index (χ0v) is 18.0. The molecule has 0 spiro atoms. The van der Waals surface area contributed by atoms with Crippen LogP contribution < -0.4 is 9.64 Å². The summed E-state index contributed by atoms with van der Waals surface area (Å²) in [5.41, 5.74) is 1.43. The molecular formula is C21H21BrN2O3S. The number of thiazole rings is 1. The predicted octanol–water partition coefficient (Wildman–Crippen LogP) is 5.28. The number of fused-ring (bicyclic) bond motifs is 1. The van der Waals surface area contributed by atoms with Crippen molar-refractivity contribution in [2.45, 2.75) is 25.9 Å². The van der Waals surface area contributed by atoms with Crippen LogP contribution in [0.5, 0.6) is 5.75 Å². The Balaban J connectivity index is 1.72. The molecule has 1 aromatic heterocycles. The van der Waals surface area contributed by atoms with Crippen LogP contribution in [0.3, 0.4) is 0 Å². The molecule has 0 aliphatic carbocycles. The van der Waals surface area contributed by atoms with E-state index in [1.807, 2.05) is 49.4 Å². The Bertz CT molecular complexity index is 967. The van der Waals surface area contributed by atoms with Crippen LogP contribution in [0.4, 0.5) is 5.13 Å². The van der Waals surface area contributed by atoms with E-state index in [1.54, 1.807) is 4.90 Å². The third-order valence-electron chi connectivity index (χ3n) is 4.65. The van der Waals surface area contributed by atoms with E-state index < -0.39 is 0 Å². The van der Waals surface area contributed by atoms with E-state index in [0.29, 0.717) is 23.8 Å². The molecule has 5 nitrogen and oxygen atoms in total. The molecule has 4 rings (SSSR count). The summed E-state index contributed by atoms with van der Waals surface area (Å²) in [6.45, 7) is 3.77. The molecule has 3 aromatic rings. The number of ether oxygens (including phenoxy) is 2. The number of hydrogen-bond acceptors (Lipinski definition) is 5. The van der Waals surface area contributed by atoms with Crippen molar-refractivity contribution >= 4 is 48.5 Å². The summed E-state index contributed by atoms with van der Waals surface area (Å²) >= 11 is 4.93. The van der Waals surface area contributed by atoms with Gasteiger partial charge in [0.2, 0.25) is 0 Å². The molecule has 1 fully saturated rings. The number of benzene rings is 2. The smallest absolute Gasteiger partial charge is 0.260 e. The zero-order chi connectivity index (χ0) is 19.5. The largest absolute Gasteiger partial charge is 0.492 e. The van der Waals surface area contributed by atoms with Gasteiger partial charge in [-0.15, -0.1) is 0 Å². The van der Waals surface area contributed by atoms with Gasteiger partial charge < -0.3 is 9.47 Å². The summed E-state index contributed by atoms with van der Waals surface area (Å²) in [6.07, 6.45) is 2.02. The Morgan fingerprint density at radius 1 is 1.32 bits per heavy atom. The van der Waals surface area contributed by atoms with E-state index in [-0.39, 0.29) is 12.0 Å². The number of rotatable bonds is 6. The maximum atomic E-state index is 13.3. The van der Waals surface area contributed by atoms with Gasteiger partial charge in [0, 0.05) is 16.6 Å². The Kier molecular flexibility index (Phi) is 5.94. The van der Waals surface area contributed by atoms with Gasteiger partial charge in [0.05, 0.1) is 24.0 Å². The SMILES string of the molecule is CCOc1cccc2sc(N(CC3CCCO3)C(=O)c3ccc(Br)cc3)nc12. The lowest BCUT2D eigenvalue weighted by atomic mass is 10.2. The molecule has 7 heteroatoms. The van der Waals surface area contributed by atoms with Crippen molar-refractivity contribution in [1.29, 1.82) is 0 Å². The van der Waals surface area contributed by atoms with Crippen molar-refractivity contribution in [1.82, 2.24) is 4.98 Å². The summed E-state index contributed by atoms with van der Waals surface area (Å²) in [5.74, 6) is 0.677. The van der Waals surface area contributed by atoms with E-state index in [4.69, 9.17) is 14.5 Å². The second kappa shape index (κ2) is 8.59. The van der Waals surface area contributed by atoms with E-state index >= 15 is 0 Å². The van der Waals surface area contributed by atoms with Gasteiger partial charge in [-0.25, -0.2) is 4.98 Å². The minimum atomic E-state index is -0.0694. The normalized spacial score (nSPS) is 16.4. The van der Waals surface area contributed by atoms with Crippen LogP contribution in [-0.4, -0.2) is 36.8 Å². The predicted molar refractivity (Wildman–Crippen MR) is 116 cm³/mol. The van der Waals surface area contributed by atoms with Crippen molar-refractivity contribution in [3.63, 3.8) is 0 Å². The summed E-state index contributed by atoms with van der Waals surface area (Å²) in [6, 6.07) is 13.3. The average Bonchev–Trinajstić information content (AvgIpc) is 3.36. The molecule has 1 aliphatic heterocycles. The fourth-order valence-electron chi connectivity index (χ4n) is 3.29. The molecule has 2 heterocycles. The maximum absolute atomic E-state index is 13.3. The van der Waals surface area contributed by atoms with Gasteiger partial charge in [-0.2, -0.15) is 0 Å². The average molecular weight is 461 g/mol. The molecule has 1 aliphatic rings. The molecule has 1 atom stereocenters. The number of carbonyl (C=O) groups is 1. The fourth-order valence-corrected chi connectivity index (χ4v) is 4.54. The molecule has 0 saturated carbocycles. The van der Waals surface area contributed by atoms with E-state index in [9.17, 15) is 4.79 Å². The number of halogens is 1. The van der Waals surface area contributed by atoms with Crippen molar-refractivity contribution in [2.24, 2.45) is 0 Å². The quantitative estimate of drug-likeness (QED) is 0.501. The summed E-state index contributed by atoms with van der Waals surface area (Å²) in [4.78, 5) is 19.8. The van der Waals surface area contributed by atoms with Crippen LogP contribution in [0.25, 0.3) is 10.2 Å². The van der Waals surface area contributed by atoms with E-state index in [2.05, 4.69) is 15.9 Å². The Hall–Kier alpha value is -1.96. The van der Waals surface area contributed by atoms with Crippen LogP contribution >= 0.6 is 27.3 Å².